The molecule has 1 saturated heterocycles. The van der Waals surface area contributed by atoms with Gasteiger partial charge in [0.2, 0.25) is 0 Å². The van der Waals surface area contributed by atoms with Gasteiger partial charge in [-0.2, -0.15) is 5.10 Å². The van der Waals surface area contributed by atoms with Crippen molar-refractivity contribution in [1.82, 2.24) is 4.90 Å². The predicted octanol–water partition coefficient (Wildman–Crippen LogP) is 5.17. The fourth-order valence-electron chi connectivity index (χ4n) is 4.57. The first-order valence-corrected chi connectivity index (χ1v) is 13.3. The smallest absolute Gasteiger partial charge is 0.327 e. The third-order valence-corrected chi connectivity index (χ3v) is 7.78. The minimum absolute atomic E-state index is 0.0158. The number of thiocarbonyl (C=S) groups is 1. The fourth-order valence-corrected chi connectivity index (χ4v) is 5.92. The summed E-state index contributed by atoms with van der Waals surface area (Å²) in [6.07, 6.45) is 1.63. The van der Waals surface area contributed by atoms with Crippen LogP contribution in [-0.2, 0) is 14.4 Å². The van der Waals surface area contributed by atoms with Crippen molar-refractivity contribution in [3.05, 3.63) is 107 Å². The summed E-state index contributed by atoms with van der Waals surface area (Å²) >= 11 is 6.17. The van der Waals surface area contributed by atoms with E-state index in [1.165, 1.54) is 0 Å². The Kier molecular flexibility index (Phi) is 7.58. The normalized spacial score (nSPS) is 18.9. The summed E-state index contributed by atoms with van der Waals surface area (Å²) in [6, 6.07) is 26.3. The Balaban J connectivity index is 1.41. The molecule has 0 saturated carbocycles. The van der Waals surface area contributed by atoms with E-state index in [-0.39, 0.29) is 15.3 Å². The highest BCUT2D eigenvalue weighted by molar-refractivity contribution is 8.26. The lowest BCUT2D eigenvalue weighted by Gasteiger charge is -2.24. The fraction of sp³-hybridized carbons (Fsp3) is 0.138. The quantitative estimate of drug-likeness (QED) is 0.288. The molecule has 39 heavy (non-hydrogen) atoms. The van der Waals surface area contributed by atoms with Crippen LogP contribution in [0.3, 0.4) is 0 Å². The van der Waals surface area contributed by atoms with Gasteiger partial charge in [-0.05, 0) is 34.9 Å². The van der Waals surface area contributed by atoms with Crippen molar-refractivity contribution in [2.75, 3.05) is 5.01 Å². The van der Waals surface area contributed by atoms with Gasteiger partial charge in [-0.15, -0.1) is 0 Å². The van der Waals surface area contributed by atoms with Gasteiger partial charge >= 0.3 is 11.9 Å². The highest BCUT2D eigenvalue weighted by Gasteiger charge is 2.41. The van der Waals surface area contributed by atoms with Crippen molar-refractivity contribution in [1.29, 1.82) is 0 Å². The number of carboxylic acids is 2. The van der Waals surface area contributed by atoms with Gasteiger partial charge in [-0.3, -0.25) is 19.5 Å². The van der Waals surface area contributed by atoms with Crippen molar-refractivity contribution in [2.45, 2.75) is 24.9 Å². The molecule has 0 aliphatic carbocycles. The largest absolute Gasteiger partial charge is 0.481 e. The van der Waals surface area contributed by atoms with Gasteiger partial charge < -0.3 is 10.2 Å². The zero-order chi connectivity index (χ0) is 27.5. The van der Waals surface area contributed by atoms with E-state index >= 15 is 0 Å². The Morgan fingerprint density at radius 2 is 1.64 bits per heavy atom. The van der Waals surface area contributed by atoms with E-state index in [0.717, 1.165) is 45.6 Å². The second kappa shape index (κ2) is 11.2. The number of carbonyl (C=O) groups excluding carboxylic acids is 1. The van der Waals surface area contributed by atoms with Crippen LogP contribution in [0.25, 0.3) is 6.08 Å². The molecule has 1 fully saturated rings. The Morgan fingerprint density at radius 3 is 2.26 bits per heavy atom. The SMILES string of the molecule is O=C(O)CC(C(=O)O)N1C(=O)/C(=C/c2ccc(N3N=C(c4ccccc4)CC3c3ccccc3)cc2)SC1=S. The first-order chi connectivity index (χ1) is 18.8. The summed E-state index contributed by atoms with van der Waals surface area (Å²) in [4.78, 5) is 36.8. The molecule has 2 aliphatic heterocycles. The maximum atomic E-state index is 13.0. The molecule has 0 aromatic heterocycles. The number of carboxylic acid groups (broad SMARTS) is 2. The molecule has 3 aromatic rings. The third-order valence-electron chi connectivity index (χ3n) is 6.45. The van der Waals surface area contributed by atoms with E-state index in [2.05, 4.69) is 24.3 Å². The van der Waals surface area contributed by atoms with E-state index in [1.54, 1.807) is 6.08 Å². The number of carbonyl (C=O) groups is 3. The van der Waals surface area contributed by atoms with Crippen molar-refractivity contribution in [2.24, 2.45) is 5.10 Å². The number of nitrogens with zero attached hydrogens (tertiary/aromatic N) is 3. The van der Waals surface area contributed by atoms with E-state index in [0.29, 0.717) is 5.56 Å². The standard InChI is InChI=1S/C29H23N3O5S2/c33-26(34)17-24(28(36)37)31-27(35)25(39-29(31)38)15-18-11-13-21(14-12-18)32-23(20-9-5-2-6-10-20)16-22(30-32)19-7-3-1-4-8-19/h1-15,23-24H,16-17H2,(H,33,34)(H,36,37)/b25-15-. The molecule has 5 rings (SSSR count). The van der Waals surface area contributed by atoms with Crippen LogP contribution in [0.1, 0.15) is 35.6 Å². The molecule has 2 unspecified atom stereocenters. The van der Waals surface area contributed by atoms with Gasteiger partial charge in [0.1, 0.15) is 10.4 Å². The van der Waals surface area contributed by atoms with E-state index < -0.39 is 30.3 Å². The van der Waals surface area contributed by atoms with Crippen LogP contribution in [0, 0.1) is 0 Å². The van der Waals surface area contributed by atoms with Gasteiger partial charge in [0.05, 0.1) is 28.8 Å². The lowest BCUT2D eigenvalue weighted by Crippen LogP contribution is -2.45. The number of hydrazone groups is 1. The molecule has 0 spiro atoms. The summed E-state index contributed by atoms with van der Waals surface area (Å²) in [5.41, 5.74) is 4.81. The number of anilines is 1. The average Bonchev–Trinajstić information content (AvgIpc) is 3.50. The summed E-state index contributed by atoms with van der Waals surface area (Å²) in [6.45, 7) is 0. The van der Waals surface area contributed by atoms with Crippen LogP contribution < -0.4 is 5.01 Å². The molecule has 8 nitrogen and oxygen atoms in total. The molecule has 10 heteroatoms. The van der Waals surface area contributed by atoms with Crippen LogP contribution >= 0.6 is 24.0 Å². The molecular formula is C29H23N3O5S2. The lowest BCUT2D eigenvalue weighted by atomic mass is 9.98. The Hall–Kier alpha value is -4.28. The number of hydrogen-bond acceptors (Lipinski definition) is 7. The molecule has 0 bridgehead atoms. The molecule has 2 atom stereocenters. The Bertz CT molecular complexity index is 1490. The average molecular weight is 558 g/mol. The van der Waals surface area contributed by atoms with Crippen LogP contribution in [0.15, 0.2) is 94.9 Å². The highest BCUT2D eigenvalue weighted by atomic mass is 32.2. The van der Waals surface area contributed by atoms with Gasteiger partial charge in [0.25, 0.3) is 5.91 Å². The molecule has 2 N–H and O–H groups in total. The minimum Gasteiger partial charge on any atom is -0.481 e. The molecular weight excluding hydrogens is 534 g/mol. The van der Waals surface area contributed by atoms with Gasteiger partial charge in [0, 0.05) is 6.42 Å². The number of rotatable bonds is 8. The molecule has 0 radical (unpaired) electrons. The monoisotopic (exact) mass is 557 g/mol. The summed E-state index contributed by atoms with van der Waals surface area (Å²) in [5, 5.41) is 25.5. The van der Waals surface area contributed by atoms with E-state index in [4.69, 9.17) is 22.4 Å². The zero-order valence-electron chi connectivity index (χ0n) is 20.5. The molecule has 2 aliphatic rings. The van der Waals surface area contributed by atoms with Crippen molar-refractivity contribution >= 4 is 63.6 Å². The van der Waals surface area contributed by atoms with Crippen molar-refractivity contribution in [3.63, 3.8) is 0 Å². The van der Waals surface area contributed by atoms with Crippen LogP contribution in [0.5, 0.6) is 0 Å². The maximum Gasteiger partial charge on any atom is 0.327 e. The summed E-state index contributed by atoms with van der Waals surface area (Å²) < 4.78 is 0.0158. The highest BCUT2D eigenvalue weighted by Crippen LogP contribution is 2.38. The molecule has 1 amide bonds. The molecule has 2 heterocycles. The second-order valence-electron chi connectivity index (χ2n) is 8.98. The first kappa shape index (κ1) is 26.3. The maximum absolute atomic E-state index is 13.0. The van der Waals surface area contributed by atoms with E-state index in [9.17, 15) is 19.5 Å². The van der Waals surface area contributed by atoms with Crippen LogP contribution in [0.4, 0.5) is 5.69 Å². The van der Waals surface area contributed by atoms with Gasteiger partial charge in [-0.25, -0.2) is 4.79 Å². The number of benzene rings is 3. The third kappa shape index (κ3) is 5.62. The molecule has 3 aromatic carbocycles. The van der Waals surface area contributed by atoms with E-state index in [1.807, 2.05) is 65.7 Å². The Labute approximate surface area is 234 Å². The van der Waals surface area contributed by atoms with Crippen LogP contribution in [-0.4, -0.2) is 49.0 Å². The number of thioether (sulfide) groups is 1. The Morgan fingerprint density at radius 1 is 1.00 bits per heavy atom. The topological polar surface area (TPSA) is 111 Å². The first-order valence-electron chi connectivity index (χ1n) is 12.1. The zero-order valence-corrected chi connectivity index (χ0v) is 22.1. The number of hydrogen-bond donors (Lipinski definition) is 2. The molecule has 196 valence electrons. The number of aliphatic carboxylic acids is 2. The summed E-state index contributed by atoms with van der Waals surface area (Å²) in [5.74, 6) is -3.37. The summed E-state index contributed by atoms with van der Waals surface area (Å²) in [7, 11) is 0. The minimum atomic E-state index is -1.56. The lowest BCUT2D eigenvalue weighted by molar-refractivity contribution is -0.150. The number of amides is 1. The second-order valence-corrected chi connectivity index (χ2v) is 10.7. The van der Waals surface area contributed by atoms with Gasteiger partial charge in [-0.1, -0.05) is 96.8 Å². The van der Waals surface area contributed by atoms with Crippen molar-refractivity contribution in [3.8, 4) is 0 Å². The predicted molar refractivity (Wildman–Crippen MR) is 154 cm³/mol. The van der Waals surface area contributed by atoms with Crippen LogP contribution in [0.2, 0.25) is 0 Å². The van der Waals surface area contributed by atoms with Gasteiger partial charge in [0.15, 0.2) is 0 Å². The van der Waals surface area contributed by atoms with Crippen molar-refractivity contribution < 1.29 is 24.6 Å².